The van der Waals surface area contributed by atoms with Gasteiger partial charge in [-0.2, -0.15) is 0 Å². The Bertz CT molecular complexity index is 603. The fourth-order valence-corrected chi connectivity index (χ4v) is 3.31. The molecule has 2 aromatic rings. The third-order valence-corrected chi connectivity index (χ3v) is 4.28. The second-order valence-corrected chi connectivity index (χ2v) is 6.54. The molecule has 3 nitrogen and oxygen atoms in total. The van der Waals surface area contributed by atoms with Crippen LogP contribution in [0.15, 0.2) is 12.3 Å². The van der Waals surface area contributed by atoms with Crippen molar-refractivity contribution in [2.45, 2.75) is 51.5 Å². The van der Waals surface area contributed by atoms with Crippen LogP contribution in [0.25, 0.3) is 11.2 Å². The molecular weight excluding hydrogens is 258 g/mol. The summed E-state index contributed by atoms with van der Waals surface area (Å²) >= 11 is 6.32. The number of pyridine rings is 1. The summed E-state index contributed by atoms with van der Waals surface area (Å²) in [5.74, 6) is 1.75. The molecule has 3 unspecified atom stereocenters. The van der Waals surface area contributed by atoms with Gasteiger partial charge < -0.3 is 4.57 Å². The second-order valence-electron chi connectivity index (χ2n) is 5.88. The summed E-state index contributed by atoms with van der Waals surface area (Å²) in [4.78, 5) is 9.31. The van der Waals surface area contributed by atoms with Gasteiger partial charge >= 0.3 is 0 Å². The van der Waals surface area contributed by atoms with Crippen molar-refractivity contribution in [2.24, 2.45) is 5.92 Å². The maximum atomic E-state index is 6.32. The molecule has 2 aromatic heterocycles. The van der Waals surface area contributed by atoms with E-state index in [1.54, 1.807) is 0 Å². The number of nitrogens with zero attached hydrogens (tertiary/aromatic N) is 3. The van der Waals surface area contributed by atoms with E-state index in [1.807, 2.05) is 20.0 Å². The number of hydrogen-bond donors (Lipinski definition) is 0. The predicted octanol–water partition coefficient (Wildman–Crippen LogP) is 4.40. The third-order valence-electron chi connectivity index (χ3n) is 4.08. The first kappa shape index (κ1) is 12.9. The first-order chi connectivity index (χ1) is 9.06. The van der Waals surface area contributed by atoms with Gasteiger partial charge in [0, 0.05) is 12.2 Å². The van der Waals surface area contributed by atoms with Gasteiger partial charge in [-0.15, -0.1) is 11.6 Å². The second kappa shape index (κ2) is 4.78. The molecule has 4 heteroatoms. The molecule has 3 atom stereocenters. The Labute approximate surface area is 119 Å². The molecular formula is C15H20ClN3. The zero-order valence-electron chi connectivity index (χ0n) is 11.7. The highest BCUT2D eigenvalue weighted by molar-refractivity contribution is 6.20. The largest absolute Gasteiger partial charge is 0.308 e. The summed E-state index contributed by atoms with van der Waals surface area (Å²) in [6.07, 6.45) is 5.62. The highest BCUT2D eigenvalue weighted by Gasteiger charge is 2.28. The number of aryl methyl sites for hydroxylation is 1. The van der Waals surface area contributed by atoms with Gasteiger partial charge in [-0.25, -0.2) is 9.97 Å². The quantitative estimate of drug-likeness (QED) is 0.762. The SMILES string of the molecule is Cc1cnc2c(c1)nc(C(C)Cl)n2C1CCC(C)C1. The van der Waals surface area contributed by atoms with Crippen LogP contribution >= 0.6 is 11.6 Å². The molecule has 19 heavy (non-hydrogen) atoms. The van der Waals surface area contributed by atoms with Gasteiger partial charge in [-0.05, 0) is 50.7 Å². The van der Waals surface area contributed by atoms with Crippen molar-refractivity contribution in [3.05, 3.63) is 23.7 Å². The minimum atomic E-state index is -0.0783. The summed E-state index contributed by atoms with van der Waals surface area (Å²) in [6, 6.07) is 2.60. The number of alkyl halides is 1. The molecule has 0 aliphatic heterocycles. The maximum Gasteiger partial charge on any atom is 0.160 e. The minimum Gasteiger partial charge on any atom is -0.308 e. The molecule has 1 saturated carbocycles. The molecule has 0 aromatic carbocycles. The van der Waals surface area contributed by atoms with Gasteiger partial charge in [0.2, 0.25) is 0 Å². The molecule has 2 heterocycles. The van der Waals surface area contributed by atoms with Gasteiger partial charge in [0.1, 0.15) is 11.3 Å². The molecule has 0 spiro atoms. The average molecular weight is 278 g/mol. The highest BCUT2D eigenvalue weighted by atomic mass is 35.5. The predicted molar refractivity (Wildman–Crippen MR) is 78.6 cm³/mol. The van der Waals surface area contributed by atoms with Crippen LogP contribution in [0.1, 0.15) is 55.9 Å². The van der Waals surface area contributed by atoms with Crippen LogP contribution in [-0.4, -0.2) is 14.5 Å². The van der Waals surface area contributed by atoms with Crippen LogP contribution in [0.3, 0.4) is 0 Å². The van der Waals surface area contributed by atoms with Crippen LogP contribution in [0.2, 0.25) is 0 Å². The Morgan fingerprint density at radius 1 is 1.42 bits per heavy atom. The lowest BCUT2D eigenvalue weighted by atomic mass is 10.1. The number of halogens is 1. The molecule has 0 saturated heterocycles. The molecule has 1 aliphatic rings. The van der Waals surface area contributed by atoms with E-state index in [9.17, 15) is 0 Å². The molecule has 0 amide bonds. The highest BCUT2D eigenvalue weighted by Crippen LogP contribution is 2.38. The van der Waals surface area contributed by atoms with E-state index in [0.717, 1.165) is 28.5 Å². The number of aromatic nitrogens is 3. The Morgan fingerprint density at radius 3 is 2.84 bits per heavy atom. The van der Waals surface area contributed by atoms with Crippen molar-refractivity contribution in [2.75, 3.05) is 0 Å². The van der Waals surface area contributed by atoms with Crippen molar-refractivity contribution < 1.29 is 0 Å². The van der Waals surface area contributed by atoms with Crippen molar-refractivity contribution in [3.63, 3.8) is 0 Å². The first-order valence-corrected chi connectivity index (χ1v) is 7.48. The fraction of sp³-hybridized carbons (Fsp3) is 0.600. The van der Waals surface area contributed by atoms with E-state index in [2.05, 4.69) is 22.5 Å². The smallest absolute Gasteiger partial charge is 0.160 e. The van der Waals surface area contributed by atoms with Gasteiger partial charge in [0.15, 0.2) is 5.65 Å². The molecule has 102 valence electrons. The van der Waals surface area contributed by atoms with Crippen LogP contribution in [0, 0.1) is 12.8 Å². The summed E-state index contributed by atoms with van der Waals surface area (Å²) in [5.41, 5.74) is 3.11. The van der Waals surface area contributed by atoms with Crippen LogP contribution < -0.4 is 0 Å². The van der Waals surface area contributed by atoms with Crippen LogP contribution in [0.4, 0.5) is 0 Å². The van der Waals surface area contributed by atoms with E-state index in [-0.39, 0.29) is 5.38 Å². The normalized spacial score (nSPS) is 25.1. The maximum absolute atomic E-state index is 6.32. The molecule has 0 radical (unpaired) electrons. The van der Waals surface area contributed by atoms with Crippen molar-refractivity contribution >= 4 is 22.8 Å². The van der Waals surface area contributed by atoms with Gasteiger partial charge in [-0.1, -0.05) is 6.92 Å². The zero-order chi connectivity index (χ0) is 13.6. The van der Waals surface area contributed by atoms with Crippen LogP contribution in [-0.2, 0) is 0 Å². The van der Waals surface area contributed by atoms with E-state index in [4.69, 9.17) is 16.6 Å². The third kappa shape index (κ3) is 2.25. The monoisotopic (exact) mass is 277 g/mol. The molecule has 0 N–H and O–H groups in total. The number of hydrogen-bond acceptors (Lipinski definition) is 2. The average Bonchev–Trinajstić information content (AvgIpc) is 2.91. The summed E-state index contributed by atoms with van der Waals surface area (Å²) in [5, 5.41) is -0.0783. The summed E-state index contributed by atoms with van der Waals surface area (Å²) in [6.45, 7) is 6.36. The Hall–Kier alpha value is -1.09. The Morgan fingerprint density at radius 2 is 2.21 bits per heavy atom. The zero-order valence-corrected chi connectivity index (χ0v) is 12.5. The first-order valence-electron chi connectivity index (χ1n) is 7.05. The van der Waals surface area contributed by atoms with E-state index in [0.29, 0.717) is 6.04 Å². The number of fused-ring (bicyclic) bond motifs is 1. The van der Waals surface area contributed by atoms with Gasteiger partial charge in [0.05, 0.1) is 5.38 Å². The molecule has 1 aliphatic carbocycles. The molecule has 0 bridgehead atoms. The standard InChI is InChI=1S/C15H20ClN3/c1-9-4-5-12(6-9)19-14(11(3)16)18-13-7-10(2)8-17-15(13)19/h7-9,11-12H,4-6H2,1-3H3. The summed E-state index contributed by atoms with van der Waals surface area (Å²) < 4.78 is 2.29. The lowest BCUT2D eigenvalue weighted by Crippen LogP contribution is -2.10. The fourth-order valence-electron chi connectivity index (χ4n) is 3.15. The van der Waals surface area contributed by atoms with E-state index < -0.39 is 0 Å². The Kier molecular flexibility index (Phi) is 3.25. The van der Waals surface area contributed by atoms with Crippen molar-refractivity contribution in [1.29, 1.82) is 0 Å². The lowest BCUT2D eigenvalue weighted by Gasteiger charge is -2.17. The minimum absolute atomic E-state index is 0.0783. The van der Waals surface area contributed by atoms with Crippen molar-refractivity contribution in [1.82, 2.24) is 14.5 Å². The summed E-state index contributed by atoms with van der Waals surface area (Å²) in [7, 11) is 0. The lowest BCUT2D eigenvalue weighted by molar-refractivity contribution is 0.485. The molecule has 3 rings (SSSR count). The van der Waals surface area contributed by atoms with E-state index >= 15 is 0 Å². The van der Waals surface area contributed by atoms with Crippen molar-refractivity contribution in [3.8, 4) is 0 Å². The number of imidazole rings is 1. The van der Waals surface area contributed by atoms with Gasteiger partial charge in [0.25, 0.3) is 0 Å². The molecule has 1 fully saturated rings. The number of rotatable bonds is 2. The van der Waals surface area contributed by atoms with E-state index in [1.165, 1.54) is 19.3 Å². The van der Waals surface area contributed by atoms with Crippen LogP contribution in [0.5, 0.6) is 0 Å². The Balaban J connectivity index is 2.16. The topological polar surface area (TPSA) is 30.7 Å². The van der Waals surface area contributed by atoms with Gasteiger partial charge in [-0.3, -0.25) is 0 Å².